The number of alkyl halides is 1. The number of carbonyl (C=O) groups is 4. The molecule has 0 unspecified atom stereocenters. The fourth-order valence-electron chi connectivity index (χ4n) is 6.02. The van der Waals surface area contributed by atoms with Gasteiger partial charge >= 0.3 is 6.03 Å². The number of nitrogens with zero attached hydrogens (tertiary/aromatic N) is 1. The molecule has 0 radical (unpaired) electrons. The first-order chi connectivity index (χ1) is 19.4. The first-order valence-electron chi connectivity index (χ1n) is 15.0. The summed E-state index contributed by atoms with van der Waals surface area (Å²) in [5.74, 6) is -1.84. The van der Waals surface area contributed by atoms with E-state index in [0.717, 1.165) is 12.8 Å². The van der Waals surface area contributed by atoms with E-state index in [2.05, 4.69) is 50.2 Å². The number of urea groups is 1. The van der Waals surface area contributed by atoms with Crippen molar-refractivity contribution >= 4 is 56.4 Å². The Morgan fingerprint density at radius 1 is 1.14 bits per heavy atom. The number of nitrogens with one attached hydrogen (secondary N) is 4. The predicted octanol–water partition coefficient (Wildman–Crippen LogP) is 2.74. The van der Waals surface area contributed by atoms with Crippen molar-refractivity contribution in [1.29, 1.82) is 0 Å². The largest absolute Gasteiger partial charge is 0.339 e. The van der Waals surface area contributed by atoms with E-state index in [-0.39, 0.29) is 34.0 Å². The highest BCUT2D eigenvalue weighted by Gasteiger charge is 2.63. The van der Waals surface area contributed by atoms with E-state index < -0.39 is 55.8 Å². The van der Waals surface area contributed by atoms with Crippen LogP contribution in [0.15, 0.2) is 12.2 Å². The van der Waals surface area contributed by atoms with Gasteiger partial charge in [0.05, 0.1) is 4.75 Å². The van der Waals surface area contributed by atoms with Crippen LogP contribution in [0.3, 0.4) is 0 Å². The van der Waals surface area contributed by atoms with Crippen LogP contribution in [0.5, 0.6) is 0 Å². The lowest BCUT2D eigenvalue weighted by Crippen LogP contribution is -2.60. The van der Waals surface area contributed by atoms with E-state index in [9.17, 15) is 27.6 Å². The van der Waals surface area contributed by atoms with Gasteiger partial charge in [-0.2, -0.15) is 0 Å². The standard InChI is InChI=1S/C29H46IN5O6S/c1-17-9-7-8-10-19-15-29(19,25(38)34-42(40,41)28(6)11-12-28)32-23(36)21-14-20(30)16-35(21)24(37)22(18(2)13-17)31-26(39)33-27(3,4)5/h8,10,17-22H,7,9,11-16H2,1-6H3,(H,32,36)(H,34,38)(H2,31,33,39)/b10-8-/t17-,18+,19+,20+,21-,22-,29+/m0/s1. The Morgan fingerprint density at radius 3 is 2.43 bits per heavy atom. The Morgan fingerprint density at radius 2 is 1.81 bits per heavy atom. The number of hydrogen-bond acceptors (Lipinski definition) is 6. The summed E-state index contributed by atoms with van der Waals surface area (Å²) in [6, 6.07) is -2.14. The van der Waals surface area contributed by atoms with Crippen molar-refractivity contribution in [3.63, 3.8) is 0 Å². The highest BCUT2D eigenvalue weighted by Crippen LogP contribution is 2.47. The fourth-order valence-corrected chi connectivity index (χ4v) is 8.23. The van der Waals surface area contributed by atoms with Gasteiger partial charge in [-0.3, -0.25) is 19.1 Å². The quantitative estimate of drug-likeness (QED) is 0.199. The zero-order valence-corrected chi connectivity index (χ0v) is 28.4. The Bertz CT molecular complexity index is 1250. The molecule has 42 heavy (non-hydrogen) atoms. The minimum Gasteiger partial charge on any atom is -0.339 e. The van der Waals surface area contributed by atoms with Crippen molar-refractivity contribution in [2.75, 3.05) is 6.54 Å². The molecule has 3 fully saturated rings. The van der Waals surface area contributed by atoms with Crippen LogP contribution in [0, 0.1) is 17.8 Å². The SMILES string of the molecule is C[C@H]1CC/C=C\[C@@H]2C[C@@]2(C(=O)NS(=O)(=O)C2(C)CC2)NC(=O)[C@@H]2C[C@@H](I)CN2C(=O)[C@@H](NC(=O)NC(C)(C)C)[C@H](C)C1. The molecular weight excluding hydrogens is 673 g/mol. The summed E-state index contributed by atoms with van der Waals surface area (Å²) in [6.07, 6.45) is 7.79. The van der Waals surface area contributed by atoms with Gasteiger partial charge in [0, 0.05) is 21.9 Å². The topological polar surface area (TPSA) is 154 Å². The number of hydrogen-bond donors (Lipinski definition) is 4. The van der Waals surface area contributed by atoms with E-state index in [1.165, 1.54) is 4.90 Å². The van der Waals surface area contributed by atoms with Crippen LogP contribution in [0.4, 0.5) is 4.79 Å². The van der Waals surface area contributed by atoms with Crippen LogP contribution in [-0.2, 0) is 24.4 Å². The lowest BCUT2D eigenvalue weighted by molar-refractivity contribution is -0.141. The second-order valence-electron chi connectivity index (χ2n) is 14.1. The second-order valence-corrected chi connectivity index (χ2v) is 18.1. The van der Waals surface area contributed by atoms with Gasteiger partial charge in [-0.05, 0) is 84.5 Å². The Kier molecular flexibility index (Phi) is 9.34. The van der Waals surface area contributed by atoms with Gasteiger partial charge in [0.2, 0.25) is 21.8 Å². The van der Waals surface area contributed by atoms with Crippen LogP contribution < -0.4 is 20.7 Å². The van der Waals surface area contributed by atoms with Gasteiger partial charge < -0.3 is 20.9 Å². The highest BCUT2D eigenvalue weighted by atomic mass is 127. The normalized spacial score (nSPS) is 35.8. The average Bonchev–Trinajstić information content (AvgIpc) is 3.74. The van der Waals surface area contributed by atoms with Crippen molar-refractivity contribution in [3.05, 3.63) is 12.2 Å². The number of allylic oxidation sites excluding steroid dienone is 1. The summed E-state index contributed by atoms with van der Waals surface area (Å²) < 4.78 is 27.1. The molecule has 7 atom stereocenters. The van der Waals surface area contributed by atoms with E-state index in [0.29, 0.717) is 32.2 Å². The minimum absolute atomic E-state index is 0.00525. The lowest BCUT2D eigenvalue weighted by Gasteiger charge is -2.34. The smallest absolute Gasteiger partial charge is 0.315 e. The molecule has 2 aliphatic heterocycles. The molecule has 0 aromatic heterocycles. The average molecular weight is 720 g/mol. The molecule has 0 bridgehead atoms. The molecule has 11 nitrogen and oxygen atoms in total. The lowest BCUT2D eigenvalue weighted by atomic mass is 9.88. The first-order valence-corrected chi connectivity index (χ1v) is 17.7. The number of amides is 5. The maximum Gasteiger partial charge on any atom is 0.315 e. The fraction of sp³-hybridized carbons (Fsp3) is 0.793. The zero-order chi connectivity index (χ0) is 31.3. The molecule has 0 aromatic carbocycles. The van der Waals surface area contributed by atoms with E-state index >= 15 is 0 Å². The monoisotopic (exact) mass is 719 g/mol. The summed E-state index contributed by atoms with van der Waals surface area (Å²) in [6.45, 7) is 11.6. The molecule has 5 amide bonds. The molecule has 13 heteroatoms. The zero-order valence-electron chi connectivity index (χ0n) is 25.5. The summed E-state index contributed by atoms with van der Waals surface area (Å²) >= 11 is 2.22. The highest BCUT2D eigenvalue weighted by molar-refractivity contribution is 14.1. The number of sulfonamides is 1. The predicted molar refractivity (Wildman–Crippen MR) is 168 cm³/mol. The molecule has 236 valence electrons. The van der Waals surface area contributed by atoms with Gasteiger partial charge in [0.25, 0.3) is 5.91 Å². The molecule has 2 aliphatic carbocycles. The molecule has 4 aliphatic rings. The third kappa shape index (κ3) is 7.24. The Balaban J connectivity index is 1.63. The van der Waals surface area contributed by atoms with Crippen molar-refractivity contribution in [2.45, 2.75) is 118 Å². The third-order valence-corrected chi connectivity index (χ3v) is 12.1. The van der Waals surface area contributed by atoms with E-state index in [1.807, 2.05) is 39.8 Å². The second kappa shape index (κ2) is 11.9. The summed E-state index contributed by atoms with van der Waals surface area (Å²) in [5, 5.41) is 8.65. The number of halogens is 1. The maximum absolute atomic E-state index is 14.1. The summed E-state index contributed by atoms with van der Waals surface area (Å²) in [5.41, 5.74) is -1.90. The van der Waals surface area contributed by atoms with E-state index in [4.69, 9.17) is 0 Å². The molecular formula is C29H46IN5O6S. The minimum atomic E-state index is -3.90. The van der Waals surface area contributed by atoms with Crippen molar-refractivity contribution in [3.8, 4) is 0 Å². The molecule has 4 N–H and O–H groups in total. The number of rotatable bonds is 4. The van der Waals surface area contributed by atoms with Crippen LogP contribution in [0.25, 0.3) is 0 Å². The first kappa shape index (κ1) is 33.0. The van der Waals surface area contributed by atoms with Gasteiger partial charge in [-0.15, -0.1) is 0 Å². The van der Waals surface area contributed by atoms with Crippen molar-refractivity contribution in [1.82, 2.24) is 25.6 Å². The molecule has 1 saturated heterocycles. The van der Waals surface area contributed by atoms with Crippen molar-refractivity contribution in [2.24, 2.45) is 17.8 Å². The van der Waals surface area contributed by atoms with Gasteiger partial charge in [0.1, 0.15) is 17.6 Å². The maximum atomic E-state index is 14.1. The molecule has 4 rings (SSSR count). The summed E-state index contributed by atoms with van der Waals surface area (Å²) in [4.78, 5) is 55.9. The van der Waals surface area contributed by atoms with Gasteiger partial charge in [-0.25, -0.2) is 13.2 Å². The van der Waals surface area contributed by atoms with Crippen LogP contribution in [0.1, 0.15) is 86.5 Å². The van der Waals surface area contributed by atoms with Gasteiger partial charge in [-0.1, -0.05) is 48.6 Å². The van der Waals surface area contributed by atoms with Crippen LogP contribution in [0.2, 0.25) is 0 Å². The molecule has 2 saturated carbocycles. The third-order valence-electron chi connectivity index (χ3n) is 9.01. The number of carbonyl (C=O) groups excluding carboxylic acids is 4. The Labute approximate surface area is 263 Å². The molecule has 0 aromatic rings. The van der Waals surface area contributed by atoms with Crippen LogP contribution >= 0.6 is 22.6 Å². The van der Waals surface area contributed by atoms with Gasteiger partial charge in [0.15, 0.2) is 0 Å². The van der Waals surface area contributed by atoms with Crippen LogP contribution in [-0.4, -0.2) is 75.4 Å². The number of fused-ring (bicyclic) bond motifs is 2. The van der Waals surface area contributed by atoms with E-state index in [1.54, 1.807) is 6.92 Å². The summed E-state index contributed by atoms with van der Waals surface area (Å²) in [7, 11) is -3.90. The molecule has 2 heterocycles. The van der Waals surface area contributed by atoms with Crippen molar-refractivity contribution < 1.29 is 27.6 Å². The molecule has 0 spiro atoms. The Hall–Kier alpha value is -1.90.